The van der Waals surface area contributed by atoms with Gasteiger partial charge in [0.25, 0.3) is 0 Å². The SMILES string of the molecule is N#C/C=C(\Cl)c1ccc(Br)cc1. The van der Waals surface area contributed by atoms with Gasteiger partial charge in [-0.25, -0.2) is 0 Å². The summed E-state index contributed by atoms with van der Waals surface area (Å²) in [4.78, 5) is 0. The van der Waals surface area contributed by atoms with E-state index >= 15 is 0 Å². The molecule has 0 unspecified atom stereocenters. The fraction of sp³-hybridized carbons (Fsp3) is 0. The minimum absolute atomic E-state index is 0.463. The zero-order valence-electron chi connectivity index (χ0n) is 6.09. The first-order chi connectivity index (χ1) is 5.74. The lowest BCUT2D eigenvalue weighted by Crippen LogP contribution is -1.75. The first-order valence-electron chi connectivity index (χ1n) is 3.25. The maximum absolute atomic E-state index is 8.33. The summed E-state index contributed by atoms with van der Waals surface area (Å²) in [5.41, 5.74) is 0.849. The molecule has 1 aromatic rings. The molecule has 12 heavy (non-hydrogen) atoms. The molecule has 1 rings (SSSR count). The van der Waals surface area contributed by atoms with Crippen LogP contribution in [0.15, 0.2) is 34.8 Å². The van der Waals surface area contributed by atoms with Crippen molar-refractivity contribution in [2.75, 3.05) is 0 Å². The second-order valence-corrected chi connectivity index (χ2v) is 3.45. The van der Waals surface area contributed by atoms with Crippen LogP contribution in [0.2, 0.25) is 0 Å². The van der Waals surface area contributed by atoms with E-state index in [1.54, 1.807) is 0 Å². The Labute approximate surface area is 84.4 Å². The maximum Gasteiger partial charge on any atom is 0.0927 e. The van der Waals surface area contributed by atoms with Gasteiger partial charge in [-0.2, -0.15) is 5.26 Å². The van der Waals surface area contributed by atoms with Crippen LogP contribution in [-0.2, 0) is 0 Å². The highest BCUT2D eigenvalue weighted by atomic mass is 79.9. The standard InChI is InChI=1S/C9H5BrClN/c10-8-3-1-7(2-4-8)9(11)5-6-12/h1-5H/b9-5-. The molecule has 0 saturated carbocycles. The molecule has 0 fully saturated rings. The minimum Gasteiger partial charge on any atom is -0.193 e. The Bertz CT molecular complexity index is 335. The largest absolute Gasteiger partial charge is 0.193 e. The van der Waals surface area contributed by atoms with E-state index in [2.05, 4.69) is 15.9 Å². The van der Waals surface area contributed by atoms with E-state index in [1.807, 2.05) is 30.3 Å². The van der Waals surface area contributed by atoms with Gasteiger partial charge in [-0.05, 0) is 17.7 Å². The lowest BCUT2D eigenvalue weighted by molar-refractivity contribution is 1.53. The molecule has 0 radical (unpaired) electrons. The molecule has 0 amide bonds. The third-order valence-corrected chi connectivity index (χ3v) is 2.17. The Morgan fingerprint density at radius 2 is 2.00 bits per heavy atom. The fourth-order valence-corrected chi connectivity index (χ4v) is 1.19. The van der Waals surface area contributed by atoms with Crippen molar-refractivity contribution in [2.24, 2.45) is 0 Å². The Balaban J connectivity index is 2.99. The number of halogens is 2. The van der Waals surface area contributed by atoms with Crippen LogP contribution in [0.1, 0.15) is 5.56 Å². The van der Waals surface area contributed by atoms with Crippen LogP contribution in [0.3, 0.4) is 0 Å². The van der Waals surface area contributed by atoms with Crippen molar-refractivity contribution < 1.29 is 0 Å². The molecule has 0 heterocycles. The molecule has 0 aliphatic carbocycles. The number of nitrogens with zero attached hydrogens (tertiary/aromatic N) is 1. The molecule has 0 aromatic heterocycles. The summed E-state index contributed by atoms with van der Waals surface area (Å²) >= 11 is 9.09. The highest BCUT2D eigenvalue weighted by Crippen LogP contribution is 2.20. The molecule has 0 aliphatic heterocycles. The first-order valence-corrected chi connectivity index (χ1v) is 4.42. The van der Waals surface area contributed by atoms with E-state index < -0.39 is 0 Å². The number of hydrogen-bond acceptors (Lipinski definition) is 1. The van der Waals surface area contributed by atoms with Crippen molar-refractivity contribution in [1.82, 2.24) is 0 Å². The summed E-state index contributed by atoms with van der Waals surface area (Å²) in [7, 11) is 0. The molecular weight excluding hydrogens is 237 g/mol. The smallest absolute Gasteiger partial charge is 0.0927 e. The second kappa shape index (κ2) is 4.30. The topological polar surface area (TPSA) is 23.8 Å². The van der Waals surface area contributed by atoms with Crippen molar-refractivity contribution in [3.8, 4) is 6.07 Å². The fourth-order valence-electron chi connectivity index (χ4n) is 0.749. The molecule has 0 bridgehead atoms. The van der Waals surface area contributed by atoms with Gasteiger partial charge in [-0.3, -0.25) is 0 Å². The Morgan fingerprint density at radius 1 is 1.42 bits per heavy atom. The number of hydrogen-bond donors (Lipinski definition) is 0. The highest BCUT2D eigenvalue weighted by molar-refractivity contribution is 9.10. The van der Waals surface area contributed by atoms with Crippen LogP contribution in [0.25, 0.3) is 5.03 Å². The highest BCUT2D eigenvalue weighted by Gasteiger charge is 1.95. The molecule has 0 atom stereocenters. The predicted molar refractivity (Wildman–Crippen MR) is 53.6 cm³/mol. The van der Waals surface area contributed by atoms with Gasteiger partial charge in [0, 0.05) is 10.5 Å². The van der Waals surface area contributed by atoms with Crippen LogP contribution >= 0.6 is 27.5 Å². The van der Waals surface area contributed by atoms with Crippen molar-refractivity contribution in [1.29, 1.82) is 5.26 Å². The summed E-state index contributed by atoms with van der Waals surface area (Å²) in [5, 5.41) is 8.80. The molecule has 0 saturated heterocycles. The summed E-state index contributed by atoms with van der Waals surface area (Å²) in [6.07, 6.45) is 1.31. The average Bonchev–Trinajstić information content (AvgIpc) is 2.06. The lowest BCUT2D eigenvalue weighted by Gasteiger charge is -1.96. The van der Waals surface area contributed by atoms with Gasteiger partial charge >= 0.3 is 0 Å². The summed E-state index contributed by atoms with van der Waals surface area (Å²) in [5.74, 6) is 0. The summed E-state index contributed by atoms with van der Waals surface area (Å²) in [6, 6.07) is 9.33. The van der Waals surface area contributed by atoms with Gasteiger partial charge in [-0.1, -0.05) is 39.7 Å². The molecule has 0 N–H and O–H groups in total. The maximum atomic E-state index is 8.33. The van der Waals surface area contributed by atoms with Crippen LogP contribution in [-0.4, -0.2) is 0 Å². The van der Waals surface area contributed by atoms with Crippen LogP contribution in [0.5, 0.6) is 0 Å². The number of allylic oxidation sites excluding steroid dienone is 1. The lowest BCUT2D eigenvalue weighted by atomic mass is 10.2. The average molecular weight is 243 g/mol. The van der Waals surface area contributed by atoms with Gasteiger partial charge in [0.2, 0.25) is 0 Å². The quantitative estimate of drug-likeness (QED) is 0.691. The molecule has 60 valence electrons. The Hall–Kier alpha value is -0.780. The van der Waals surface area contributed by atoms with Gasteiger partial charge in [0.15, 0.2) is 0 Å². The Kier molecular flexibility index (Phi) is 3.33. The Morgan fingerprint density at radius 3 is 2.50 bits per heavy atom. The van der Waals surface area contributed by atoms with E-state index in [-0.39, 0.29) is 0 Å². The third-order valence-electron chi connectivity index (χ3n) is 1.31. The second-order valence-electron chi connectivity index (χ2n) is 2.13. The van der Waals surface area contributed by atoms with Crippen LogP contribution in [0.4, 0.5) is 0 Å². The monoisotopic (exact) mass is 241 g/mol. The summed E-state index contributed by atoms with van der Waals surface area (Å²) < 4.78 is 0.993. The van der Waals surface area contributed by atoms with Crippen molar-refractivity contribution >= 4 is 32.6 Å². The van der Waals surface area contributed by atoms with Gasteiger partial charge in [-0.15, -0.1) is 0 Å². The van der Waals surface area contributed by atoms with E-state index in [4.69, 9.17) is 16.9 Å². The zero-order chi connectivity index (χ0) is 8.97. The van der Waals surface area contributed by atoms with Crippen LogP contribution < -0.4 is 0 Å². The first kappa shape index (κ1) is 9.31. The van der Waals surface area contributed by atoms with Gasteiger partial charge in [0.05, 0.1) is 11.1 Å². The summed E-state index contributed by atoms with van der Waals surface area (Å²) in [6.45, 7) is 0. The van der Waals surface area contributed by atoms with Crippen LogP contribution in [0, 0.1) is 11.3 Å². The molecule has 0 aliphatic rings. The predicted octanol–water partition coefficient (Wildman–Crippen LogP) is 3.55. The van der Waals surface area contributed by atoms with E-state index in [1.165, 1.54) is 6.08 Å². The molecular formula is C9H5BrClN. The van der Waals surface area contributed by atoms with Gasteiger partial charge in [0.1, 0.15) is 0 Å². The zero-order valence-corrected chi connectivity index (χ0v) is 8.43. The van der Waals surface area contributed by atoms with Crippen molar-refractivity contribution in [3.63, 3.8) is 0 Å². The van der Waals surface area contributed by atoms with Gasteiger partial charge < -0.3 is 0 Å². The minimum atomic E-state index is 0.463. The van der Waals surface area contributed by atoms with E-state index in [9.17, 15) is 0 Å². The van der Waals surface area contributed by atoms with E-state index in [0.717, 1.165) is 10.0 Å². The molecule has 1 aromatic carbocycles. The number of nitriles is 1. The molecule has 0 spiro atoms. The molecule has 1 nitrogen and oxygen atoms in total. The normalized spacial score (nSPS) is 10.9. The van der Waals surface area contributed by atoms with Crippen molar-refractivity contribution in [3.05, 3.63) is 40.4 Å². The van der Waals surface area contributed by atoms with Crippen molar-refractivity contribution in [2.45, 2.75) is 0 Å². The number of benzene rings is 1. The number of rotatable bonds is 1. The molecule has 3 heteroatoms. The van der Waals surface area contributed by atoms with E-state index in [0.29, 0.717) is 5.03 Å². The third kappa shape index (κ3) is 2.37.